The van der Waals surface area contributed by atoms with Gasteiger partial charge in [0.25, 0.3) is 0 Å². The van der Waals surface area contributed by atoms with Crippen LogP contribution in [0.25, 0.3) is 0 Å². The van der Waals surface area contributed by atoms with Gasteiger partial charge in [0.15, 0.2) is 0 Å². The molecule has 1 saturated carbocycles. The van der Waals surface area contributed by atoms with Crippen LogP contribution >= 0.6 is 0 Å². The van der Waals surface area contributed by atoms with E-state index in [9.17, 15) is 5.11 Å². The zero-order valence-corrected chi connectivity index (χ0v) is 10.8. The Kier molecular flexibility index (Phi) is 4.19. The summed E-state index contributed by atoms with van der Waals surface area (Å²) in [6, 6.07) is 9.05. The number of aliphatic hydroxyl groups is 1. The van der Waals surface area contributed by atoms with Crippen LogP contribution in [-0.4, -0.2) is 17.8 Å². The maximum Gasteiger partial charge on any atom is 0.0692 e. The van der Waals surface area contributed by atoms with Crippen molar-refractivity contribution in [1.82, 2.24) is 5.32 Å². The standard InChI is InChI=1S/C15H23NO/c1-3-12-4-6-13(7-5-12)11(2)16-10-15(17)14-8-9-14/h4-7,11,14-17H,3,8-10H2,1-2H3. The predicted molar refractivity (Wildman–Crippen MR) is 71.0 cm³/mol. The van der Waals surface area contributed by atoms with E-state index in [0.717, 1.165) is 6.42 Å². The lowest BCUT2D eigenvalue weighted by Gasteiger charge is -2.17. The van der Waals surface area contributed by atoms with E-state index in [1.165, 1.54) is 24.0 Å². The average Bonchev–Trinajstić information content (AvgIpc) is 3.20. The summed E-state index contributed by atoms with van der Waals surface area (Å²) in [6.07, 6.45) is 3.32. The number of rotatable bonds is 6. The Morgan fingerprint density at radius 2 is 1.94 bits per heavy atom. The second-order valence-electron chi connectivity index (χ2n) is 5.13. The summed E-state index contributed by atoms with van der Waals surface area (Å²) in [6.45, 7) is 5.03. The second-order valence-corrected chi connectivity index (χ2v) is 5.13. The monoisotopic (exact) mass is 233 g/mol. The summed E-state index contributed by atoms with van der Waals surface area (Å²) < 4.78 is 0. The molecule has 2 atom stereocenters. The van der Waals surface area contributed by atoms with Crippen LogP contribution in [0.5, 0.6) is 0 Å². The van der Waals surface area contributed by atoms with E-state index < -0.39 is 0 Å². The smallest absolute Gasteiger partial charge is 0.0692 e. The zero-order chi connectivity index (χ0) is 12.3. The van der Waals surface area contributed by atoms with Crippen LogP contribution in [-0.2, 0) is 6.42 Å². The van der Waals surface area contributed by atoms with Gasteiger partial charge in [-0.15, -0.1) is 0 Å². The van der Waals surface area contributed by atoms with E-state index in [1.807, 2.05) is 0 Å². The van der Waals surface area contributed by atoms with Crippen LogP contribution in [0.2, 0.25) is 0 Å². The molecule has 2 heteroatoms. The number of nitrogens with one attached hydrogen (secondary N) is 1. The second kappa shape index (κ2) is 5.65. The average molecular weight is 233 g/mol. The molecule has 1 aliphatic rings. The van der Waals surface area contributed by atoms with Crippen LogP contribution in [0.1, 0.15) is 43.9 Å². The molecule has 94 valence electrons. The van der Waals surface area contributed by atoms with E-state index in [-0.39, 0.29) is 6.10 Å². The van der Waals surface area contributed by atoms with E-state index in [2.05, 4.69) is 43.4 Å². The van der Waals surface area contributed by atoms with Crippen molar-refractivity contribution in [2.45, 2.75) is 45.3 Å². The van der Waals surface area contributed by atoms with E-state index in [0.29, 0.717) is 18.5 Å². The Bertz CT molecular complexity index is 342. The fourth-order valence-corrected chi connectivity index (χ4v) is 2.11. The molecule has 2 nitrogen and oxygen atoms in total. The molecule has 2 N–H and O–H groups in total. The highest BCUT2D eigenvalue weighted by Gasteiger charge is 2.29. The number of aliphatic hydroxyl groups excluding tert-OH is 1. The van der Waals surface area contributed by atoms with Crippen molar-refractivity contribution >= 4 is 0 Å². The van der Waals surface area contributed by atoms with Gasteiger partial charge in [-0.05, 0) is 43.2 Å². The molecule has 0 heterocycles. The zero-order valence-electron chi connectivity index (χ0n) is 10.8. The van der Waals surface area contributed by atoms with Gasteiger partial charge in [-0.3, -0.25) is 0 Å². The van der Waals surface area contributed by atoms with Crippen molar-refractivity contribution < 1.29 is 5.11 Å². The molecule has 2 rings (SSSR count). The van der Waals surface area contributed by atoms with Gasteiger partial charge in [-0.25, -0.2) is 0 Å². The molecule has 0 aromatic heterocycles. The van der Waals surface area contributed by atoms with Crippen LogP contribution in [0.4, 0.5) is 0 Å². The molecular formula is C15H23NO. The molecule has 1 aromatic carbocycles. The predicted octanol–water partition coefficient (Wildman–Crippen LogP) is 2.67. The normalized spacial score (nSPS) is 19.0. The van der Waals surface area contributed by atoms with Crippen LogP contribution < -0.4 is 5.32 Å². The van der Waals surface area contributed by atoms with Crippen molar-refractivity contribution in [2.75, 3.05) is 6.54 Å². The highest BCUT2D eigenvalue weighted by molar-refractivity contribution is 5.24. The molecule has 0 radical (unpaired) electrons. The minimum Gasteiger partial charge on any atom is -0.392 e. The highest BCUT2D eigenvalue weighted by atomic mass is 16.3. The Morgan fingerprint density at radius 1 is 1.29 bits per heavy atom. The number of hydrogen-bond acceptors (Lipinski definition) is 2. The largest absolute Gasteiger partial charge is 0.392 e. The van der Waals surface area contributed by atoms with Gasteiger partial charge in [-0.2, -0.15) is 0 Å². The third kappa shape index (κ3) is 3.55. The maximum absolute atomic E-state index is 9.80. The fourth-order valence-electron chi connectivity index (χ4n) is 2.11. The summed E-state index contributed by atoms with van der Waals surface area (Å²) in [5.74, 6) is 0.553. The summed E-state index contributed by atoms with van der Waals surface area (Å²) in [7, 11) is 0. The van der Waals surface area contributed by atoms with E-state index in [1.54, 1.807) is 0 Å². The lowest BCUT2D eigenvalue weighted by atomic mass is 10.0. The molecule has 0 saturated heterocycles. The third-order valence-electron chi connectivity index (χ3n) is 3.69. The van der Waals surface area contributed by atoms with Gasteiger partial charge in [0.2, 0.25) is 0 Å². The van der Waals surface area contributed by atoms with Gasteiger partial charge in [0, 0.05) is 12.6 Å². The summed E-state index contributed by atoms with van der Waals surface area (Å²) in [4.78, 5) is 0. The molecule has 1 aromatic rings. The Balaban J connectivity index is 1.82. The summed E-state index contributed by atoms with van der Waals surface area (Å²) in [5, 5.41) is 13.2. The Labute approximate surface area is 104 Å². The topological polar surface area (TPSA) is 32.3 Å². The Hall–Kier alpha value is -0.860. The number of aryl methyl sites for hydroxylation is 1. The first kappa shape index (κ1) is 12.6. The van der Waals surface area contributed by atoms with Crippen molar-refractivity contribution in [1.29, 1.82) is 0 Å². The van der Waals surface area contributed by atoms with Gasteiger partial charge in [-0.1, -0.05) is 31.2 Å². The number of hydrogen-bond donors (Lipinski definition) is 2. The quantitative estimate of drug-likeness (QED) is 0.791. The third-order valence-corrected chi connectivity index (χ3v) is 3.69. The number of benzene rings is 1. The fraction of sp³-hybridized carbons (Fsp3) is 0.600. The molecule has 0 bridgehead atoms. The molecular weight excluding hydrogens is 210 g/mol. The first-order valence-corrected chi connectivity index (χ1v) is 6.71. The van der Waals surface area contributed by atoms with Crippen molar-refractivity contribution in [2.24, 2.45) is 5.92 Å². The molecule has 1 aliphatic carbocycles. The van der Waals surface area contributed by atoms with Crippen molar-refractivity contribution in [3.05, 3.63) is 35.4 Å². The lowest BCUT2D eigenvalue weighted by molar-refractivity contribution is 0.145. The molecule has 2 unspecified atom stereocenters. The highest BCUT2D eigenvalue weighted by Crippen LogP contribution is 2.32. The van der Waals surface area contributed by atoms with Crippen LogP contribution in [0.15, 0.2) is 24.3 Å². The minimum absolute atomic E-state index is 0.160. The first-order chi connectivity index (χ1) is 8.20. The van der Waals surface area contributed by atoms with Crippen LogP contribution in [0.3, 0.4) is 0 Å². The summed E-state index contributed by atoms with van der Waals surface area (Å²) >= 11 is 0. The van der Waals surface area contributed by atoms with Gasteiger partial charge < -0.3 is 10.4 Å². The molecule has 0 amide bonds. The molecule has 0 aliphatic heterocycles. The lowest BCUT2D eigenvalue weighted by Crippen LogP contribution is -2.30. The first-order valence-electron chi connectivity index (χ1n) is 6.71. The molecule has 1 fully saturated rings. The van der Waals surface area contributed by atoms with Gasteiger partial charge in [0.1, 0.15) is 0 Å². The van der Waals surface area contributed by atoms with Gasteiger partial charge in [0.05, 0.1) is 6.10 Å². The molecule has 17 heavy (non-hydrogen) atoms. The van der Waals surface area contributed by atoms with Crippen LogP contribution in [0, 0.1) is 5.92 Å². The van der Waals surface area contributed by atoms with Gasteiger partial charge >= 0.3 is 0 Å². The minimum atomic E-state index is -0.160. The van der Waals surface area contributed by atoms with E-state index >= 15 is 0 Å². The maximum atomic E-state index is 9.80. The van der Waals surface area contributed by atoms with E-state index in [4.69, 9.17) is 0 Å². The van der Waals surface area contributed by atoms with Crippen molar-refractivity contribution in [3.63, 3.8) is 0 Å². The SMILES string of the molecule is CCc1ccc(C(C)NCC(O)C2CC2)cc1. The van der Waals surface area contributed by atoms with Crippen molar-refractivity contribution in [3.8, 4) is 0 Å². The summed E-state index contributed by atoms with van der Waals surface area (Å²) in [5.41, 5.74) is 2.67. The Morgan fingerprint density at radius 3 is 2.47 bits per heavy atom. The molecule has 0 spiro atoms.